The first kappa shape index (κ1) is 16.9. The lowest BCUT2D eigenvalue weighted by Crippen LogP contribution is -2.35. The molecule has 1 amide bonds. The largest absolute Gasteiger partial charge is 0.384 e. The molecule has 1 N–H and O–H groups in total. The first-order chi connectivity index (χ1) is 9.92. The topological polar surface area (TPSA) is 75.5 Å². The minimum atomic E-state index is -0.483. The highest BCUT2D eigenvalue weighted by atomic mass is 16.6. The summed E-state index contributed by atoms with van der Waals surface area (Å²) in [6.45, 7) is 6.68. The van der Waals surface area contributed by atoms with Crippen molar-refractivity contribution >= 4 is 17.3 Å². The third-order valence-electron chi connectivity index (χ3n) is 3.58. The number of hydrogen-bond donors (Lipinski definition) is 1. The van der Waals surface area contributed by atoms with Gasteiger partial charge in [0.05, 0.1) is 10.5 Å². The standard InChI is InChI=1S/C15H23N3O3/c1-5-9-16-14-8-7-12(18(20)21)10-13(14)15(19)17(4)11(3)6-2/h7-8,10-11,16H,5-6,9H2,1-4H3. The number of nitro benzene ring substituents is 1. The van der Waals surface area contributed by atoms with E-state index in [1.165, 1.54) is 12.1 Å². The Morgan fingerprint density at radius 1 is 1.43 bits per heavy atom. The van der Waals surface area contributed by atoms with Crippen LogP contribution in [0.15, 0.2) is 18.2 Å². The Kier molecular flexibility index (Phi) is 6.14. The van der Waals surface area contributed by atoms with Gasteiger partial charge in [-0.15, -0.1) is 0 Å². The number of amides is 1. The molecule has 0 heterocycles. The van der Waals surface area contributed by atoms with Crippen molar-refractivity contribution in [2.45, 2.75) is 39.7 Å². The van der Waals surface area contributed by atoms with Gasteiger partial charge in [0, 0.05) is 37.5 Å². The van der Waals surface area contributed by atoms with Crippen molar-refractivity contribution in [3.63, 3.8) is 0 Å². The van der Waals surface area contributed by atoms with Gasteiger partial charge in [-0.25, -0.2) is 0 Å². The fraction of sp³-hybridized carbons (Fsp3) is 0.533. The predicted octanol–water partition coefficient (Wildman–Crippen LogP) is 3.29. The summed E-state index contributed by atoms with van der Waals surface area (Å²) in [5, 5.41) is 14.1. The van der Waals surface area contributed by atoms with Crippen LogP contribution in [0.1, 0.15) is 44.0 Å². The molecule has 1 atom stereocenters. The number of non-ortho nitro benzene ring substituents is 1. The molecule has 0 saturated heterocycles. The molecule has 0 bridgehead atoms. The number of carbonyl (C=O) groups is 1. The van der Waals surface area contributed by atoms with Crippen molar-refractivity contribution in [1.29, 1.82) is 0 Å². The van der Waals surface area contributed by atoms with Crippen LogP contribution in [0.4, 0.5) is 11.4 Å². The zero-order valence-electron chi connectivity index (χ0n) is 13.0. The monoisotopic (exact) mass is 293 g/mol. The summed E-state index contributed by atoms with van der Waals surface area (Å²) in [5.41, 5.74) is 0.918. The third-order valence-corrected chi connectivity index (χ3v) is 3.58. The number of nitrogens with zero attached hydrogens (tertiary/aromatic N) is 2. The molecule has 116 valence electrons. The lowest BCUT2D eigenvalue weighted by atomic mass is 10.1. The molecular formula is C15H23N3O3. The van der Waals surface area contributed by atoms with Gasteiger partial charge in [0.1, 0.15) is 0 Å². The highest BCUT2D eigenvalue weighted by molar-refractivity contribution is 6.00. The van der Waals surface area contributed by atoms with Crippen LogP contribution in [0.3, 0.4) is 0 Å². The van der Waals surface area contributed by atoms with Crippen molar-refractivity contribution in [2.24, 2.45) is 0 Å². The van der Waals surface area contributed by atoms with E-state index in [-0.39, 0.29) is 17.6 Å². The zero-order chi connectivity index (χ0) is 16.0. The summed E-state index contributed by atoms with van der Waals surface area (Å²) >= 11 is 0. The quantitative estimate of drug-likeness (QED) is 0.618. The molecular weight excluding hydrogens is 270 g/mol. The van der Waals surface area contributed by atoms with Crippen LogP contribution in [-0.2, 0) is 0 Å². The second kappa shape index (κ2) is 7.61. The number of rotatable bonds is 7. The van der Waals surface area contributed by atoms with Crippen LogP contribution in [0, 0.1) is 10.1 Å². The van der Waals surface area contributed by atoms with E-state index < -0.39 is 4.92 Å². The van der Waals surface area contributed by atoms with Gasteiger partial charge in [-0.05, 0) is 25.8 Å². The fourth-order valence-electron chi connectivity index (χ4n) is 1.90. The van der Waals surface area contributed by atoms with Crippen molar-refractivity contribution in [2.75, 3.05) is 18.9 Å². The molecule has 0 aromatic heterocycles. The van der Waals surface area contributed by atoms with Crippen LogP contribution in [0.5, 0.6) is 0 Å². The third kappa shape index (κ3) is 4.18. The van der Waals surface area contributed by atoms with Gasteiger partial charge in [-0.1, -0.05) is 13.8 Å². The minimum Gasteiger partial charge on any atom is -0.384 e. The van der Waals surface area contributed by atoms with Crippen LogP contribution in [0.25, 0.3) is 0 Å². The molecule has 1 unspecified atom stereocenters. The molecule has 0 aliphatic heterocycles. The second-order valence-corrected chi connectivity index (χ2v) is 5.09. The lowest BCUT2D eigenvalue weighted by molar-refractivity contribution is -0.384. The molecule has 21 heavy (non-hydrogen) atoms. The number of nitro groups is 1. The van der Waals surface area contributed by atoms with Crippen molar-refractivity contribution < 1.29 is 9.72 Å². The molecule has 0 radical (unpaired) electrons. The van der Waals surface area contributed by atoms with Crippen LogP contribution >= 0.6 is 0 Å². The van der Waals surface area contributed by atoms with Crippen LogP contribution in [0.2, 0.25) is 0 Å². The Bertz CT molecular complexity index is 517. The maximum Gasteiger partial charge on any atom is 0.270 e. The van der Waals surface area contributed by atoms with E-state index >= 15 is 0 Å². The normalized spacial score (nSPS) is 11.8. The summed E-state index contributed by atoms with van der Waals surface area (Å²) < 4.78 is 0. The van der Waals surface area contributed by atoms with E-state index in [1.807, 2.05) is 20.8 Å². The highest BCUT2D eigenvalue weighted by Gasteiger charge is 2.22. The van der Waals surface area contributed by atoms with Gasteiger partial charge in [0.2, 0.25) is 0 Å². The van der Waals surface area contributed by atoms with Crippen LogP contribution in [-0.4, -0.2) is 35.4 Å². The van der Waals surface area contributed by atoms with Gasteiger partial charge in [0.15, 0.2) is 0 Å². The molecule has 1 aromatic rings. The smallest absolute Gasteiger partial charge is 0.270 e. The maximum atomic E-state index is 12.6. The van der Waals surface area contributed by atoms with Crippen molar-refractivity contribution in [3.05, 3.63) is 33.9 Å². The Labute approximate surface area is 125 Å². The van der Waals surface area contributed by atoms with Gasteiger partial charge in [0.25, 0.3) is 11.6 Å². The van der Waals surface area contributed by atoms with Crippen molar-refractivity contribution in [3.8, 4) is 0 Å². The fourth-order valence-corrected chi connectivity index (χ4v) is 1.90. The minimum absolute atomic E-state index is 0.0713. The molecule has 0 aliphatic carbocycles. The summed E-state index contributed by atoms with van der Waals surface area (Å²) in [7, 11) is 1.72. The second-order valence-electron chi connectivity index (χ2n) is 5.09. The Morgan fingerprint density at radius 2 is 2.10 bits per heavy atom. The summed E-state index contributed by atoms with van der Waals surface area (Å²) in [5.74, 6) is -0.202. The molecule has 0 saturated carbocycles. The number of hydrogen-bond acceptors (Lipinski definition) is 4. The zero-order valence-corrected chi connectivity index (χ0v) is 13.0. The molecule has 0 aliphatic rings. The van der Waals surface area contributed by atoms with E-state index in [4.69, 9.17) is 0 Å². The average Bonchev–Trinajstić information content (AvgIpc) is 2.50. The van der Waals surface area contributed by atoms with Gasteiger partial charge >= 0.3 is 0 Å². The summed E-state index contributed by atoms with van der Waals surface area (Å²) in [4.78, 5) is 24.6. The molecule has 6 heteroatoms. The molecule has 1 aromatic carbocycles. The summed E-state index contributed by atoms with van der Waals surface area (Å²) in [6.07, 6.45) is 1.74. The SMILES string of the molecule is CCCNc1ccc([N+](=O)[O-])cc1C(=O)N(C)C(C)CC. The van der Waals surface area contributed by atoms with Crippen molar-refractivity contribution in [1.82, 2.24) is 4.90 Å². The molecule has 0 spiro atoms. The number of anilines is 1. The maximum absolute atomic E-state index is 12.6. The van der Waals surface area contributed by atoms with Crippen LogP contribution < -0.4 is 5.32 Å². The predicted molar refractivity (Wildman–Crippen MR) is 83.7 cm³/mol. The lowest BCUT2D eigenvalue weighted by Gasteiger charge is -2.25. The number of nitrogens with one attached hydrogen (secondary N) is 1. The van der Waals surface area contributed by atoms with E-state index in [1.54, 1.807) is 18.0 Å². The van der Waals surface area contributed by atoms with E-state index in [9.17, 15) is 14.9 Å². The Morgan fingerprint density at radius 3 is 2.62 bits per heavy atom. The Hall–Kier alpha value is -2.11. The molecule has 1 rings (SSSR count). The molecule has 6 nitrogen and oxygen atoms in total. The number of carbonyl (C=O) groups excluding carboxylic acids is 1. The summed E-state index contributed by atoms with van der Waals surface area (Å²) in [6, 6.07) is 4.44. The van der Waals surface area contributed by atoms with Gasteiger partial charge in [-0.3, -0.25) is 14.9 Å². The highest BCUT2D eigenvalue weighted by Crippen LogP contribution is 2.24. The average molecular weight is 293 g/mol. The first-order valence-electron chi connectivity index (χ1n) is 7.21. The number of benzene rings is 1. The van der Waals surface area contributed by atoms with Gasteiger partial charge in [-0.2, -0.15) is 0 Å². The van der Waals surface area contributed by atoms with E-state index in [2.05, 4.69) is 5.32 Å². The van der Waals surface area contributed by atoms with Gasteiger partial charge < -0.3 is 10.2 Å². The Balaban J connectivity index is 3.18. The van der Waals surface area contributed by atoms with E-state index in [0.717, 1.165) is 12.8 Å². The van der Waals surface area contributed by atoms with E-state index in [0.29, 0.717) is 17.8 Å². The first-order valence-corrected chi connectivity index (χ1v) is 7.21. The molecule has 0 fully saturated rings.